The van der Waals surface area contributed by atoms with Crippen molar-refractivity contribution in [3.05, 3.63) is 71.4 Å². The van der Waals surface area contributed by atoms with Crippen molar-refractivity contribution in [1.82, 2.24) is 10.3 Å². The number of aryl methyl sites for hydroxylation is 1. The van der Waals surface area contributed by atoms with Crippen LogP contribution in [0, 0.1) is 6.92 Å². The van der Waals surface area contributed by atoms with Crippen LogP contribution in [0.4, 0.5) is 0 Å². The molecule has 5 heteroatoms. The lowest BCUT2D eigenvalue weighted by atomic mass is 10.1. The highest BCUT2D eigenvalue weighted by Crippen LogP contribution is 2.18. The van der Waals surface area contributed by atoms with Crippen LogP contribution >= 0.6 is 0 Å². The van der Waals surface area contributed by atoms with Crippen molar-refractivity contribution in [2.24, 2.45) is 5.73 Å². The normalized spacial score (nSPS) is 12.0. The Kier molecular flexibility index (Phi) is 3.85. The molecule has 0 aliphatic heterocycles. The van der Waals surface area contributed by atoms with Gasteiger partial charge in [-0.3, -0.25) is 9.59 Å². The molecule has 2 amide bonds. The number of carbonyl (C=O) groups is 2. The zero-order chi connectivity index (χ0) is 16.4. The SMILES string of the molecule is Cc1ccc2[nH]c(C(=O)N[C@@H](C(N)=O)c3ccccc3)cc2c1. The van der Waals surface area contributed by atoms with Crippen LogP contribution in [0.5, 0.6) is 0 Å². The minimum atomic E-state index is -0.864. The zero-order valence-electron chi connectivity index (χ0n) is 12.7. The molecule has 0 spiro atoms. The van der Waals surface area contributed by atoms with E-state index in [9.17, 15) is 9.59 Å². The summed E-state index contributed by atoms with van der Waals surface area (Å²) in [6, 6.07) is 15.7. The molecule has 116 valence electrons. The van der Waals surface area contributed by atoms with Crippen LogP contribution in [0.2, 0.25) is 0 Å². The molecule has 3 rings (SSSR count). The lowest BCUT2D eigenvalue weighted by Gasteiger charge is -2.15. The summed E-state index contributed by atoms with van der Waals surface area (Å²) in [5.74, 6) is -0.969. The van der Waals surface area contributed by atoms with Crippen molar-refractivity contribution in [3.8, 4) is 0 Å². The summed E-state index contributed by atoms with van der Waals surface area (Å²) in [6.45, 7) is 1.99. The van der Waals surface area contributed by atoms with Gasteiger partial charge in [0.25, 0.3) is 5.91 Å². The van der Waals surface area contributed by atoms with Gasteiger partial charge >= 0.3 is 0 Å². The summed E-state index contributed by atoms with van der Waals surface area (Å²) in [5.41, 5.74) is 8.46. The van der Waals surface area contributed by atoms with Gasteiger partial charge in [0.1, 0.15) is 11.7 Å². The van der Waals surface area contributed by atoms with Crippen LogP contribution in [0.3, 0.4) is 0 Å². The minimum Gasteiger partial charge on any atom is -0.368 e. The Labute approximate surface area is 133 Å². The zero-order valence-corrected chi connectivity index (χ0v) is 12.7. The third-order valence-electron chi connectivity index (χ3n) is 3.71. The van der Waals surface area contributed by atoms with Gasteiger partial charge in [0, 0.05) is 10.9 Å². The Bertz CT molecular complexity index is 868. The molecule has 23 heavy (non-hydrogen) atoms. The van der Waals surface area contributed by atoms with E-state index in [0.717, 1.165) is 16.5 Å². The second-order valence-corrected chi connectivity index (χ2v) is 5.49. The first kappa shape index (κ1) is 14.8. The van der Waals surface area contributed by atoms with Gasteiger partial charge < -0.3 is 16.0 Å². The molecule has 5 nitrogen and oxygen atoms in total. The Morgan fingerprint density at radius 1 is 1.09 bits per heavy atom. The molecule has 1 heterocycles. The molecular formula is C18H17N3O2. The summed E-state index contributed by atoms with van der Waals surface area (Å²) < 4.78 is 0. The number of hydrogen-bond donors (Lipinski definition) is 3. The van der Waals surface area contributed by atoms with E-state index in [2.05, 4.69) is 10.3 Å². The van der Waals surface area contributed by atoms with Crippen LogP contribution in [-0.4, -0.2) is 16.8 Å². The van der Waals surface area contributed by atoms with Crippen LogP contribution in [0.15, 0.2) is 54.6 Å². The number of nitrogens with two attached hydrogens (primary N) is 1. The van der Waals surface area contributed by atoms with Gasteiger partial charge in [-0.25, -0.2) is 0 Å². The number of H-pyrrole nitrogens is 1. The predicted molar refractivity (Wildman–Crippen MR) is 88.9 cm³/mol. The van der Waals surface area contributed by atoms with Crippen LogP contribution in [0.25, 0.3) is 10.9 Å². The highest BCUT2D eigenvalue weighted by atomic mass is 16.2. The lowest BCUT2D eigenvalue weighted by molar-refractivity contribution is -0.120. The van der Waals surface area contributed by atoms with Gasteiger partial charge in [-0.15, -0.1) is 0 Å². The summed E-state index contributed by atoms with van der Waals surface area (Å²) in [5, 5.41) is 3.63. The topological polar surface area (TPSA) is 88.0 Å². The van der Waals surface area contributed by atoms with Crippen molar-refractivity contribution in [2.75, 3.05) is 0 Å². The second-order valence-electron chi connectivity index (χ2n) is 5.49. The van der Waals surface area contributed by atoms with Gasteiger partial charge in [-0.2, -0.15) is 0 Å². The lowest BCUT2D eigenvalue weighted by Crippen LogP contribution is -2.37. The molecule has 1 atom stereocenters. The van der Waals surface area contributed by atoms with Gasteiger partial charge in [0.15, 0.2) is 0 Å². The third kappa shape index (κ3) is 3.08. The number of rotatable bonds is 4. The van der Waals surface area contributed by atoms with Crippen LogP contribution in [-0.2, 0) is 4.79 Å². The molecule has 2 aromatic carbocycles. The van der Waals surface area contributed by atoms with Crippen LogP contribution in [0.1, 0.15) is 27.7 Å². The molecule has 0 saturated carbocycles. The Balaban J connectivity index is 1.87. The molecule has 3 aromatic rings. The summed E-state index contributed by atoms with van der Waals surface area (Å²) in [7, 11) is 0. The highest BCUT2D eigenvalue weighted by Gasteiger charge is 2.21. The standard InChI is InChI=1S/C18H17N3O2/c1-11-7-8-14-13(9-11)10-15(20-14)18(23)21-16(17(19)22)12-5-3-2-4-6-12/h2-10,16,20H,1H3,(H2,19,22)(H,21,23)/t16-/m1/s1. The van der Waals surface area contributed by atoms with E-state index < -0.39 is 11.9 Å². The van der Waals surface area contributed by atoms with E-state index in [1.165, 1.54) is 0 Å². The van der Waals surface area contributed by atoms with Gasteiger partial charge in [0.2, 0.25) is 5.91 Å². The first-order chi connectivity index (χ1) is 11.0. The summed E-state index contributed by atoms with van der Waals surface area (Å²) in [6.07, 6.45) is 0. The van der Waals surface area contributed by atoms with Crippen molar-refractivity contribution in [2.45, 2.75) is 13.0 Å². The monoisotopic (exact) mass is 307 g/mol. The van der Waals surface area contributed by atoms with Crippen molar-refractivity contribution in [1.29, 1.82) is 0 Å². The van der Waals surface area contributed by atoms with E-state index >= 15 is 0 Å². The first-order valence-corrected chi connectivity index (χ1v) is 7.29. The average Bonchev–Trinajstić information content (AvgIpc) is 2.96. The Hall–Kier alpha value is -3.08. The fourth-order valence-corrected chi connectivity index (χ4v) is 2.55. The number of fused-ring (bicyclic) bond motifs is 1. The van der Waals surface area contributed by atoms with E-state index in [4.69, 9.17) is 5.73 Å². The van der Waals surface area contributed by atoms with Crippen molar-refractivity contribution >= 4 is 22.7 Å². The number of benzene rings is 2. The van der Waals surface area contributed by atoms with E-state index in [1.54, 1.807) is 30.3 Å². The number of aromatic nitrogens is 1. The molecule has 0 aliphatic rings. The van der Waals surface area contributed by atoms with Gasteiger partial charge in [-0.05, 0) is 30.7 Å². The second kappa shape index (κ2) is 5.96. The number of carbonyl (C=O) groups excluding carboxylic acids is 2. The molecule has 0 bridgehead atoms. The van der Waals surface area contributed by atoms with Gasteiger partial charge in [0.05, 0.1) is 0 Å². The summed E-state index contributed by atoms with van der Waals surface area (Å²) in [4.78, 5) is 27.2. The maximum absolute atomic E-state index is 12.4. The fraction of sp³-hybridized carbons (Fsp3) is 0.111. The maximum atomic E-state index is 12.4. The van der Waals surface area contributed by atoms with E-state index in [1.807, 2.05) is 31.2 Å². The molecule has 1 aromatic heterocycles. The average molecular weight is 307 g/mol. The quantitative estimate of drug-likeness (QED) is 0.691. The molecule has 0 aliphatic carbocycles. The Morgan fingerprint density at radius 3 is 2.52 bits per heavy atom. The number of aromatic amines is 1. The molecule has 0 fully saturated rings. The minimum absolute atomic E-state index is 0.369. The van der Waals surface area contributed by atoms with E-state index in [-0.39, 0.29) is 5.91 Å². The number of hydrogen-bond acceptors (Lipinski definition) is 2. The van der Waals surface area contributed by atoms with E-state index in [0.29, 0.717) is 11.3 Å². The molecule has 4 N–H and O–H groups in total. The summed E-state index contributed by atoms with van der Waals surface area (Å²) >= 11 is 0. The molecule has 0 saturated heterocycles. The molecule has 0 unspecified atom stereocenters. The smallest absolute Gasteiger partial charge is 0.268 e. The molecule has 0 radical (unpaired) electrons. The highest BCUT2D eigenvalue weighted by molar-refractivity contribution is 6.00. The van der Waals surface area contributed by atoms with Crippen LogP contribution < -0.4 is 11.1 Å². The maximum Gasteiger partial charge on any atom is 0.268 e. The number of nitrogens with one attached hydrogen (secondary N) is 2. The molecular weight excluding hydrogens is 290 g/mol. The number of amides is 2. The number of primary amides is 1. The predicted octanol–water partition coefficient (Wildman–Crippen LogP) is 2.43. The van der Waals surface area contributed by atoms with Crippen molar-refractivity contribution < 1.29 is 9.59 Å². The largest absolute Gasteiger partial charge is 0.368 e. The first-order valence-electron chi connectivity index (χ1n) is 7.29. The Morgan fingerprint density at radius 2 is 1.83 bits per heavy atom. The van der Waals surface area contributed by atoms with Gasteiger partial charge in [-0.1, -0.05) is 42.0 Å². The fourth-order valence-electron chi connectivity index (χ4n) is 2.55. The third-order valence-corrected chi connectivity index (χ3v) is 3.71. The van der Waals surface area contributed by atoms with Crippen molar-refractivity contribution in [3.63, 3.8) is 0 Å².